The lowest BCUT2D eigenvalue weighted by molar-refractivity contribution is 0.166. The number of ether oxygens (including phenoxy) is 1. The Morgan fingerprint density at radius 3 is 2.90 bits per heavy atom. The number of rotatable bonds is 5. The smallest absolute Gasteiger partial charge is 0.317 e. The maximum absolute atomic E-state index is 12.1. The van der Waals surface area contributed by atoms with Crippen LogP contribution in [0.5, 0.6) is 5.75 Å². The van der Waals surface area contributed by atoms with Crippen LogP contribution in [0.25, 0.3) is 0 Å². The fraction of sp³-hybridized carbons (Fsp3) is 0.533. The Kier molecular flexibility index (Phi) is 3.78. The van der Waals surface area contributed by atoms with Crippen molar-refractivity contribution < 1.29 is 14.6 Å². The molecule has 1 saturated carbocycles. The number of para-hydroxylation sites is 1. The van der Waals surface area contributed by atoms with Gasteiger partial charge in [-0.15, -0.1) is 0 Å². The van der Waals surface area contributed by atoms with Crippen molar-refractivity contribution in [3.05, 3.63) is 29.8 Å². The first kappa shape index (κ1) is 13.2. The number of aliphatic hydroxyl groups is 1. The molecule has 1 aliphatic carbocycles. The molecule has 20 heavy (non-hydrogen) atoms. The third-order valence-electron chi connectivity index (χ3n) is 3.78. The molecule has 1 fully saturated rings. The zero-order valence-electron chi connectivity index (χ0n) is 11.4. The number of hydrogen-bond acceptors (Lipinski definition) is 3. The lowest BCUT2D eigenvalue weighted by Crippen LogP contribution is -2.45. The predicted molar refractivity (Wildman–Crippen MR) is 74.8 cm³/mol. The van der Waals surface area contributed by atoms with Gasteiger partial charge in [-0.3, -0.25) is 0 Å². The van der Waals surface area contributed by atoms with Crippen molar-refractivity contribution in [2.75, 3.05) is 19.7 Å². The third kappa shape index (κ3) is 2.88. The van der Waals surface area contributed by atoms with Crippen molar-refractivity contribution in [2.45, 2.75) is 31.4 Å². The van der Waals surface area contributed by atoms with Gasteiger partial charge in [-0.1, -0.05) is 18.2 Å². The second kappa shape index (κ2) is 5.71. The summed E-state index contributed by atoms with van der Waals surface area (Å²) >= 11 is 0. The van der Waals surface area contributed by atoms with Crippen LogP contribution >= 0.6 is 0 Å². The van der Waals surface area contributed by atoms with Gasteiger partial charge >= 0.3 is 6.03 Å². The van der Waals surface area contributed by atoms with E-state index in [9.17, 15) is 4.79 Å². The lowest BCUT2D eigenvalue weighted by Gasteiger charge is -2.22. The molecular formula is C15H20N2O3. The van der Waals surface area contributed by atoms with Gasteiger partial charge in [0.05, 0.1) is 13.2 Å². The molecule has 2 amide bonds. The van der Waals surface area contributed by atoms with Crippen LogP contribution in [-0.2, 0) is 6.42 Å². The van der Waals surface area contributed by atoms with E-state index in [2.05, 4.69) is 11.4 Å². The zero-order valence-corrected chi connectivity index (χ0v) is 11.4. The first-order chi connectivity index (χ1) is 9.78. The molecule has 1 atom stereocenters. The molecule has 2 N–H and O–H groups in total. The number of aliphatic hydroxyl groups excluding tert-OH is 1. The van der Waals surface area contributed by atoms with Crippen molar-refractivity contribution in [3.63, 3.8) is 0 Å². The number of fused-ring (bicyclic) bond motifs is 1. The molecule has 1 aromatic rings. The summed E-state index contributed by atoms with van der Waals surface area (Å²) < 4.78 is 5.79. The third-order valence-corrected chi connectivity index (χ3v) is 3.78. The molecule has 108 valence electrons. The van der Waals surface area contributed by atoms with Crippen LogP contribution in [-0.4, -0.2) is 47.9 Å². The van der Waals surface area contributed by atoms with E-state index in [1.165, 1.54) is 5.56 Å². The minimum atomic E-state index is -0.0962. The molecule has 1 aliphatic heterocycles. The minimum absolute atomic E-state index is 0.00605. The summed E-state index contributed by atoms with van der Waals surface area (Å²) in [7, 11) is 0. The Morgan fingerprint density at radius 2 is 2.20 bits per heavy atom. The van der Waals surface area contributed by atoms with Crippen molar-refractivity contribution in [1.82, 2.24) is 10.2 Å². The number of carbonyl (C=O) groups excluding carboxylic acids is 1. The van der Waals surface area contributed by atoms with Crippen molar-refractivity contribution in [3.8, 4) is 5.75 Å². The van der Waals surface area contributed by atoms with Crippen LogP contribution < -0.4 is 10.1 Å². The summed E-state index contributed by atoms with van der Waals surface area (Å²) in [5, 5.41) is 11.9. The average molecular weight is 276 g/mol. The van der Waals surface area contributed by atoms with Crippen LogP contribution in [0.2, 0.25) is 0 Å². The highest BCUT2D eigenvalue weighted by molar-refractivity contribution is 5.75. The van der Waals surface area contributed by atoms with E-state index in [-0.39, 0.29) is 18.7 Å². The van der Waals surface area contributed by atoms with Crippen LogP contribution in [0.15, 0.2) is 24.3 Å². The molecule has 3 rings (SSSR count). The maximum Gasteiger partial charge on any atom is 0.317 e. The molecule has 0 spiro atoms. The van der Waals surface area contributed by atoms with Crippen molar-refractivity contribution >= 4 is 6.03 Å². The van der Waals surface area contributed by atoms with Gasteiger partial charge in [-0.2, -0.15) is 0 Å². The SMILES string of the molecule is O=C(NCC1Cc2ccccc2O1)N(CCO)C1CC1. The highest BCUT2D eigenvalue weighted by Gasteiger charge is 2.32. The molecule has 1 heterocycles. The molecular weight excluding hydrogens is 256 g/mol. The average Bonchev–Trinajstić information content (AvgIpc) is 3.20. The van der Waals surface area contributed by atoms with E-state index < -0.39 is 0 Å². The summed E-state index contributed by atoms with van der Waals surface area (Å²) in [6.45, 7) is 0.916. The van der Waals surface area contributed by atoms with E-state index in [0.717, 1.165) is 25.0 Å². The molecule has 5 heteroatoms. The lowest BCUT2D eigenvalue weighted by atomic mass is 10.1. The van der Waals surface area contributed by atoms with Gasteiger partial charge in [0.25, 0.3) is 0 Å². The highest BCUT2D eigenvalue weighted by Crippen LogP contribution is 2.28. The Labute approximate surface area is 118 Å². The first-order valence-corrected chi connectivity index (χ1v) is 7.18. The standard InChI is InChI=1S/C15H20N2O3/c18-8-7-17(12-5-6-12)15(19)16-10-13-9-11-3-1-2-4-14(11)20-13/h1-4,12-13,18H,5-10H2,(H,16,19). The molecule has 0 bridgehead atoms. The van der Waals surface area contributed by atoms with Gasteiger partial charge in [0.1, 0.15) is 11.9 Å². The highest BCUT2D eigenvalue weighted by atomic mass is 16.5. The summed E-state index contributed by atoms with van der Waals surface area (Å²) in [6.07, 6.45) is 2.92. The summed E-state index contributed by atoms with van der Waals surface area (Å²) in [4.78, 5) is 13.8. The fourth-order valence-electron chi connectivity index (χ4n) is 2.61. The van der Waals surface area contributed by atoms with E-state index in [1.54, 1.807) is 4.90 Å². The predicted octanol–water partition coefficient (Wildman–Crippen LogP) is 1.16. The van der Waals surface area contributed by atoms with Crippen LogP contribution in [0.1, 0.15) is 18.4 Å². The second-order valence-electron chi connectivity index (χ2n) is 5.39. The Hall–Kier alpha value is -1.75. The van der Waals surface area contributed by atoms with Crippen LogP contribution in [0.4, 0.5) is 4.79 Å². The van der Waals surface area contributed by atoms with E-state index in [0.29, 0.717) is 19.1 Å². The van der Waals surface area contributed by atoms with Crippen LogP contribution in [0, 0.1) is 0 Å². The molecule has 0 aromatic heterocycles. The Bertz CT molecular complexity index is 463. The summed E-state index contributed by atoms with van der Waals surface area (Å²) in [5.74, 6) is 0.918. The number of benzene rings is 1. The number of nitrogens with zero attached hydrogens (tertiary/aromatic N) is 1. The Balaban J connectivity index is 1.49. The number of hydrogen-bond donors (Lipinski definition) is 2. The topological polar surface area (TPSA) is 61.8 Å². The Morgan fingerprint density at radius 1 is 1.40 bits per heavy atom. The van der Waals surface area contributed by atoms with Crippen LogP contribution in [0.3, 0.4) is 0 Å². The maximum atomic E-state index is 12.1. The molecule has 1 unspecified atom stereocenters. The molecule has 0 radical (unpaired) electrons. The van der Waals surface area contributed by atoms with E-state index in [4.69, 9.17) is 9.84 Å². The number of carbonyl (C=O) groups is 1. The fourth-order valence-corrected chi connectivity index (χ4v) is 2.61. The normalized spacial score (nSPS) is 20.1. The number of urea groups is 1. The van der Waals surface area contributed by atoms with Gasteiger partial charge < -0.3 is 20.1 Å². The second-order valence-corrected chi connectivity index (χ2v) is 5.39. The van der Waals surface area contributed by atoms with E-state index in [1.807, 2.05) is 18.2 Å². The molecule has 5 nitrogen and oxygen atoms in total. The largest absolute Gasteiger partial charge is 0.488 e. The van der Waals surface area contributed by atoms with Gasteiger partial charge in [-0.05, 0) is 24.5 Å². The zero-order chi connectivity index (χ0) is 13.9. The monoisotopic (exact) mass is 276 g/mol. The first-order valence-electron chi connectivity index (χ1n) is 7.18. The van der Waals surface area contributed by atoms with Gasteiger partial charge in [0.15, 0.2) is 0 Å². The van der Waals surface area contributed by atoms with Gasteiger partial charge in [0.2, 0.25) is 0 Å². The minimum Gasteiger partial charge on any atom is -0.488 e. The summed E-state index contributed by atoms with van der Waals surface area (Å²) in [6, 6.07) is 8.18. The van der Waals surface area contributed by atoms with Crippen molar-refractivity contribution in [1.29, 1.82) is 0 Å². The van der Waals surface area contributed by atoms with Crippen molar-refractivity contribution in [2.24, 2.45) is 0 Å². The molecule has 1 aromatic carbocycles. The number of amides is 2. The molecule has 0 saturated heterocycles. The van der Waals surface area contributed by atoms with Gasteiger partial charge in [0, 0.05) is 19.0 Å². The van der Waals surface area contributed by atoms with E-state index >= 15 is 0 Å². The number of nitrogens with one attached hydrogen (secondary N) is 1. The summed E-state index contributed by atoms with van der Waals surface area (Å²) in [5.41, 5.74) is 1.20. The van der Waals surface area contributed by atoms with Gasteiger partial charge in [-0.25, -0.2) is 4.79 Å². The molecule has 2 aliphatic rings. The quantitative estimate of drug-likeness (QED) is 0.848.